The van der Waals surface area contributed by atoms with E-state index in [1.165, 1.54) is 50.8 Å². The standard InChI is InChI=1S/C28H32O15/c1-37-13-6-15(30)20-18(7-13)39-8-14(21(20)31)12-3-4-16(17(5-12)38-2)42-26-24(34)23(33)22(32)19(43-26)9-40-27-25(35)28(36,10-29)11-41-27/h3-8,19,22-27,29-30,32-36H,9-11H2,1-2H3/t19-,22+,23+,24+,25-,26+,27+,28-/m0/s1. The van der Waals surface area contributed by atoms with Crippen molar-refractivity contribution >= 4 is 11.0 Å². The molecule has 0 saturated carbocycles. The van der Waals surface area contributed by atoms with Crippen molar-refractivity contribution in [1.29, 1.82) is 0 Å². The Morgan fingerprint density at radius 1 is 0.977 bits per heavy atom. The predicted molar refractivity (Wildman–Crippen MR) is 144 cm³/mol. The summed E-state index contributed by atoms with van der Waals surface area (Å²) in [5, 5.41) is 71.4. The van der Waals surface area contributed by atoms with Gasteiger partial charge in [-0.05, 0) is 17.7 Å². The number of rotatable bonds is 9. The molecule has 3 heterocycles. The topological polar surface area (TPSA) is 227 Å². The van der Waals surface area contributed by atoms with Crippen LogP contribution in [0.5, 0.6) is 23.0 Å². The monoisotopic (exact) mass is 608 g/mol. The lowest BCUT2D eigenvalue weighted by Crippen LogP contribution is -2.60. The maximum atomic E-state index is 13.2. The van der Waals surface area contributed by atoms with E-state index in [9.17, 15) is 40.5 Å². The van der Waals surface area contributed by atoms with Crippen molar-refractivity contribution in [2.45, 2.75) is 48.7 Å². The smallest absolute Gasteiger partial charge is 0.229 e. The van der Waals surface area contributed by atoms with Gasteiger partial charge in [0.25, 0.3) is 0 Å². The highest BCUT2D eigenvalue weighted by Gasteiger charge is 2.50. The second-order valence-electron chi connectivity index (χ2n) is 10.2. The Bertz CT molecular complexity index is 1510. The van der Waals surface area contributed by atoms with Gasteiger partial charge in [-0.25, -0.2) is 0 Å². The largest absolute Gasteiger partial charge is 0.507 e. The van der Waals surface area contributed by atoms with E-state index in [1.54, 1.807) is 0 Å². The van der Waals surface area contributed by atoms with Crippen LogP contribution in [-0.4, -0.2) is 118 Å². The van der Waals surface area contributed by atoms with Crippen molar-refractivity contribution in [3.05, 3.63) is 46.8 Å². The van der Waals surface area contributed by atoms with Gasteiger partial charge in [0.05, 0.1) is 39.6 Å². The molecule has 2 aromatic carbocycles. The number of phenols is 1. The van der Waals surface area contributed by atoms with Gasteiger partial charge in [0.2, 0.25) is 11.7 Å². The molecule has 2 saturated heterocycles. The van der Waals surface area contributed by atoms with E-state index < -0.39 is 74.0 Å². The molecule has 0 spiro atoms. The highest BCUT2D eigenvalue weighted by molar-refractivity contribution is 5.88. The third-order valence-corrected chi connectivity index (χ3v) is 7.46. The van der Waals surface area contributed by atoms with E-state index in [1.807, 2.05) is 0 Å². The summed E-state index contributed by atoms with van der Waals surface area (Å²) < 4.78 is 38.1. The van der Waals surface area contributed by atoms with Crippen LogP contribution in [0.15, 0.2) is 45.8 Å². The molecule has 2 aliphatic rings. The van der Waals surface area contributed by atoms with E-state index in [4.69, 9.17) is 32.8 Å². The summed E-state index contributed by atoms with van der Waals surface area (Å²) in [6.45, 7) is -1.63. The molecule has 1 aromatic heterocycles. The van der Waals surface area contributed by atoms with Gasteiger partial charge in [0.1, 0.15) is 64.9 Å². The summed E-state index contributed by atoms with van der Waals surface area (Å²) in [5.74, 6) is 0.128. The molecule has 2 aliphatic heterocycles. The molecular formula is C28H32O15. The molecule has 0 unspecified atom stereocenters. The van der Waals surface area contributed by atoms with Crippen LogP contribution in [0.4, 0.5) is 0 Å². The van der Waals surface area contributed by atoms with Gasteiger partial charge in [-0.1, -0.05) is 6.07 Å². The van der Waals surface area contributed by atoms with Crippen LogP contribution in [0.1, 0.15) is 0 Å². The number of aliphatic hydroxyl groups excluding tert-OH is 5. The normalized spacial score (nSPS) is 30.8. The first-order chi connectivity index (χ1) is 20.5. The fourth-order valence-electron chi connectivity index (χ4n) is 4.86. The second-order valence-corrected chi connectivity index (χ2v) is 10.2. The molecule has 0 aliphatic carbocycles. The SMILES string of the molecule is COc1cc(O)c2c(=O)c(-c3ccc(O[C@@H]4O[C@@H](CO[C@@H]5OC[C@@](O)(CO)[C@H]5O)[C@@H](O)[C@@H](O)[C@H]4O)c(OC)c3)coc2c1. The van der Waals surface area contributed by atoms with Crippen LogP contribution in [0.3, 0.4) is 0 Å². The zero-order valence-electron chi connectivity index (χ0n) is 23.0. The number of methoxy groups -OCH3 is 2. The van der Waals surface area contributed by atoms with Gasteiger partial charge in [0.15, 0.2) is 17.8 Å². The molecule has 7 N–H and O–H groups in total. The fraction of sp³-hybridized carbons (Fsp3) is 0.464. The summed E-state index contributed by atoms with van der Waals surface area (Å²) in [7, 11) is 2.74. The number of aliphatic hydroxyl groups is 6. The Kier molecular flexibility index (Phi) is 8.80. The maximum Gasteiger partial charge on any atom is 0.229 e. The summed E-state index contributed by atoms with van der Waals surface area (Å²) in [6, 6.07) is 7.13. The number of hydrogen-bond donors (Lipinski definition) is 7. The highest BCUT2D eigenvalue weighted by atomic mass is 16.7. The Labute approximate surface area is 243 Å². The summed E-state index contributed by atoms with van der Waals surface area (Å²) in [4.78, 5) is 13.2. The van der Waals surface area contributed by atoms with Gasteiger partial charge in [-0.15, -0.1) is 0 Å². The summed E-state index contributed by atoms with van der Waals surface area (Å²) >= 11 is 0. The Morgan fingerprint density at radius 2 is 1.74 bits per heavy atom. The number of phenolic OH excluding ortho intramolecular Hbond substituents is 1. The predicted octanol–water partition coefficient (Wildman–Crippen LogP) is -1.17. The molecule has 0 radical (unpaired) electrons. The van der Waals surface area contributed by atoms with E-state index >= 15 is 0 Å². The number of fused-ring (bicyclic) bond motifs is 1. The minimum absolute atomic E-state index is 0.0406. The average Bonchev–Trinajstić information content (AvgIpc) is 3.30. The van der Waals surface area contributed by atoms with Gasteiger partial charge >= 0.3 is 0 Å². The third kappa shape index (κ3) is 5.74. The molecule has 0 bridgehead atoms. The molecule has 3 aromatic rings. The lowest BCUT2D eigenvalue weighted by molar-refractivity contribution is -0.289. The number of aromatic hydroxyl groups is 1. The first-order valence-corrected chi connectivity index (χ1v) is 13.1. The molecule has 0 amide bonds. The first kappa shape index (κ1) is 30.9. The lowest BCUT2D eigenvalue weighted by Gasteiger charge is -2.40. The lowest BCUT2D eigenvalue weighted by atomic mass is 9.99. The van der Waals surface area contributed by atoms with Crippen molar-refractivity contribution in [2.75, 3.05) is 34.0 Å². The Hall–Kier alpha value is -3.51. The number of hydrogen-bond acceptors (Lipinski definition) is 15. The highest BCUT2D eigenvalue weighted by Crippen LogP contribution is 2.36. The van der Waals surface area contributed by atoms with E-state index in [-0.39, 0.29) is 33.8 Å². The minimum atomic E-state index is -1.93. The zero-order chi connectivity index (χ0) is 31.1. The quantitative estimate of drug-likeness (QED) is 0.152. The first-order valence-electron chi connectivity index (χ1n) is 13.1. The molecule has 43 heavy (non-hydrogen) atoms. The van der Waals surface area contributed by atoms with E-state index in [0.29, 0.717) is 11.3 Å². The number of benzene rings is 2. The van der Waals surface area contributed by atoms with E-state index in [2.05, 4.69) is 0 Å². The summed E-state index contributed by atoms with van der Waals surface area (Å²) in [6.07, 6.45) is -9.61. The van der Waals surface area contributed by atoms with Gasteiger partial charge < -0.3 is 68.6 Å². The van der Waals surface area contributed by atoms with Crippen LogP contribution < -0.4 is 19.6 Å². The van der Waals surface area contributed by atoms with Crippen LogP contribution in [0, 0.1) is 0 Å². The van der Waals surface area contributed by atoms with Crippen molar-refractivity contribution in [3.63, 3.8) is 0 Å². The minimum Gasteiger partial charge on any atom is -0.507 e. The molecule has 234 valence electrons. The number of ether oxygens (including phenoxy) is 6. The van der Waals surface area contributed by atoms with Gasteiger partial charge in [0, 0.05) is 12.1 Å². The third-order valence-electron chi connectivity index (χ3n) is 7.46. The van der Waals surface area contributed by atoms with Gasteiger partial charge in [-0.3, -0.25) is 4.79 Å². The van der Waals surface area contributed by atoms with Crippen molar-refractivity contribution < 1.29 is 68.6 Å². The molecule has 15 nitrogen and oxygen atoms in total. The van der Waals surface area contributed by atoms with Crippen molar-refractivity contribution in [1.82, 2.24) is 0 Å². The fourth-order valence-corrected chi connectivity index (χ4v) is 4.86. The van der Waals surface area contributed by atoms with Crippen LogP contribution in [0.2, 0.25) is 0 Å². The molecule has 2 fully saturated rings. The summed E-state index contributed by atoms with van der Waals surface area (Å²) in [5.41, 5.74) is -1.87. The van der Waals surface area contributed by atoms with E-state index in [0.717, 1.165) is 0 Å². The maximum absolute atomic E-state index is 13.2. The molecular weight excluding hydrogens is 576 g/mol. The van der Waals surface area contributed by atoms with Crippen molar-refractivity contribution in [2.24, 2.45) is 0 Å². The molecule has 15 heteroatoms. The second kappa shape index (κ2) is 12.2. The van der Waals surface area contributed by atoms with Crippen LogP contribution in [-0.2, 0) is 14.2 Å². The van der Waals surface area contributed by atoms with Crippen LogP contribution >= 0.6 is 0 Å². The Morgan fingerprint density at radius 3 is 2.42 bits per heavy atom. The molecule has 5 rings (SSSR count). The zero-order valence-corrected chi connectivity index (χ0v) is 23.0. The van der Waals surface area contributed by atoms with Gasteiger partial charge in [-0.2, -0.15) is 0 Å². The Balaban J connectivity index is 1.34. The molecule has 8 atom stereocenters. The van der Waals surface area contributed by atoms with Crippen molar-refractivity contribution in [3.8, 4) is 34.1 Å². The average molecular weight is 609 g/mol. The van der Waals surface area contributed by atoms with Crippen LogP contribution in [0.25, 0.3) is 22.1 Å².